The van der Waals surface area contributed by atoms with E-state index < -0.39 is 5.91 Å². The minimum atomic E-state index is -0.523. The van der Waals surface area contributed by atoms with Crippen LogP contribution in [0, 0.1) is 0 Å². The molecule has 0 bridgehead atoms. The number of hydrogen-bond acceptors (Lipinski definition) is 2. The van der Waals surface area contributed by atoms with Crippen LogP contribution in [0.15, 0.2) is 24.3 Å². The maximum atomic E-state index is 11.7. The van der Waals surface area contributed by atoms with Crippen LogP contribution in [0.1, 0.15) is 46.9 Å². The average molecular weight is 234 g/mol. The lowest BCUT2D eigenvalue weighted by atomic mass is 10.1. The second-order valence-corrected chi connectivity index (χ2v) is 3.91. The van der Waals surface area contributed by atoms with E-state index in [4.69, 9.17) is 5.73 Å². The molecule has 0 atom stereocenters. The van der Waals surface area contributed by atoms with Crippen LogP contribution < -0.4 is 11.1 Å². The van der Waals surface area contributed by atoms with E-state index in [2.05, 4.69) is 12.2 Å². The number of amides is 2. The van der Waals surface area contributed by atoms with Gasteiger partial charge in [-0.05, 0) is 24.6 Å². The number of carbonyl (C=O) groups is 2. The van der Waals surface area contributed by atoms with Gasteiger partial charge in [-0.25, -0.2) is 0 Å². The van der Waals surface area contributed by atoms with Crippen LogP contribution in [0.5, 0.6) is 0 Å². The molecule has 1 aromatic carbocycles. The second kappa shape index (κ2) is 6.68. The molecule has 2 amide bonds. The largest absolute Gasteiger partial charge is 0.366 e. The standard InChI is InChI=1S/C13H18N2O2/c1-2-3-4-8-15-13(17)11-7-5-6-10(9-11)12(14)16/h5-7,9H,2-4,8H2,1H3,(H2,14,16)(H,15,17). The van der Waals surface area contributed by atoms with Gasteiger partial charge in [-0.3, -0.25) is 9.59 Å². The fourth-order valence-electron chi connectivity index (χ4n) is 1.49. The summed E-state index contributed by atoms with van der Waals surface area (Å²) >= 11 is 0. The van der Waals surface area contributed by atoms with Crippen LogP contribution in [0.4, 0.5) is 0 Å². The molecule has 0 spiro atoms. The number of nitrogens with two attached hydrogens (primary N) is 1. The zero-order valence-electron chi connectivity index (χ0n) is 10.0. The van der Waals surface area contributed by atoms with Crippen molar-refractivity contribution in [1.82, 2.24) is 5.32 Å². The summed E-state index contributed by atoms with van der Waals surface area (Å²) in [5.41, 5.74) is 5.97. The van der Waals surface area contributed by atoms with E-state index in [1.165, 1.54) is 6.07 Å². The third kappa shape index (κ3) is 4.26. The second-order valence-electron chi connectivity index (χ2n) is 3.91. The lowest BCUT2D eigenvalue weighted by molar-refractivity contribution is 0.0953. The Hall–Kier alpha value is -1.84. The number of primary amides is 1. The highest BCUT2D eigenvalue weighted by Gasteiger charge is 2.07. The van der Waals surface area contributed by atoms with Crippen molar-refractivity contribution < 1.29 is 9.59 Å². The molecule has 0 radical (unpaired) electrons. The molecule has 0 saturated heterocycles. The molecule has 4 heteroatoms. The summed E-state index contributed by atoms with van der Waals surface area (Å²) in [4.78, 5) is 22.7. The molecule has 1 rings (SSSR count). The minimum absolute atomic E-state index is 0.163. The Balaban J connectivity index is 2.56. The molecule has 3 N–H and O–H groups in total. The van der Waals surface area contributed by atoms with Crippen molar-refractivity contribution >= 4 is 11.8 Å². The Morgan fingerprint density at radius 2 is 1.94 bits per heavy atom. The number of unbranched alkanes of at least 4 members (excludes halogenated alkanes) is 2. The number of benzene rings is 1. The Morgan fingerprint density at radius 1 is 1.24 bits per heavy atom. The number of hydrogen-bond donors (Lipinski definition) is 2. The normalized spacial score (nSPS) is 9.94. The summed E-state index contributed by atoms with van der Waals surface area (Å²) in [5, 5.41) is 2.81. The molecule has 17 heavy (non-hydrogen) atoms. The van der Waals surface area contributed by atoms with Gasteiger partial charge in [0, 0.05) is 17.7 Å². The van der Waals surface area contributed by atoms with E-state index in [1.54, 1.807) is 18.2 Å². The molecule has 0 aliphatic carbocycles. The third-order valence-corrected chi connectivity index (χ3v) is 2.48. The quantitative estimate of drug-likeness (QED) is 0.735. The number of nitrogens with one attached hydrogen (secondary N) is 1. The zero-order valence-corrected chi connectivity index (χ0v) is 10.0. The van der Waals surface area contributed by atoms with Crippen LogP contribution in [0.2, 0.25) is 0 Å². The zero-order chi connectivity index (χ0) is 12.7. The van der Waals surface area contributed by atoms with Gasteiger partial charge >= 0.3 is 0 Å². The van der Waals surface area contributed by atoms with Gasteiger partial charge in [0.05, 0.1) is 0 Å². The lowest BCUT2D eigenvalue weighted by Gasteiger charge is -2.05. The average Bonchev–Trinajstić information content (AvgIpc) is 2.34. The maximum absolute atomic E-state index is 11.7. The predicted octanol–water partition coefficient (Wildman–Crippen LogP) is 1.71. The molecule has 0 aromatic heterocycles. The van der Waals surface area contributed by atoms with Crippen molar-refractivity contribution in [2.45, 2.75) is 26.2 Å². The highest BCUT2D eigenvalue weighted by Crippen LogP contribution is 2.04. The molecule has 0 aliphatic heterocycles. The van der Waals surface area contributed by atoms with Crippen LogP contribution in [0.25, 0.3) is 0 Å². The smallest absolute Gasteiger partial charge is 0.251 e. The molecule has 0 saturated carbocycles. The number of rotatable bonds is 6. The molecule has 0 fully saturated rings. The van der Waals surface area contributed by atoms with E-state index in [9.17, 15) is 9.59 Å². The summed E-state index contributed by atoms with van der Waals surface area (Å²) in [6.07, 6.45) is 3.19. The molecular weight excluding hydrogens is 216 g/mol. The van der Waals surface area contributed by atoms with E-state index in [0.29, 0.717) is 17.7 Å². The first-order valence-electron chi connectivity index (χ1n) is 5.83. The first-order valence-corrected chi connectivity index (χ1v) is 5.83. The fourth-order valence-corrected chi connectivity index (χ4v) is 1.49. The maximum Gasteiger partial charge on any atom is 0.251 e. The molecule has 1 aromatic rings. The van der Waals surface area contributed by atoms with Gasteiger partial charge in [0.15, 0.2) is 0 Å². The fraction of sp³-hybridized carbons (Fsp3) is 0.385. The monoisotopic (exact) mass is 234 g/mol. The number of carbonyl (C=O) groups excluding carboxylic acids is 2. The summed E-state index contributed by atoms with van der Waals surface area (Å²) < 4.78 is 0. The van der Waals surface area contributed by atoms with Gasteiger partial charge in [0.2, 0.25) is 5.91 Å². The summed E-state index contributed by atoms with van der Waals surface area (Å²) in [6.45, 7) is 2.77. The van der Waals surface area contributed by atoms with E-state index >= 15 is 0 Å². The van der Waals surface area contributed by atoms with E-state index in [1.807, 2.05) is 0 Å². The van der Waals surface area contributed by atoms with Crippen LogP contribution in [-0.2, 0) is 0 Å². The van der Waals surface area contributed by atoms with E-state index in [0.717, 1.165) is 19.3 Å². The van der Waals surface area contributed by atoms with Gasteiger partial charge in [-0.1, -0.05) is 25.8 Å². The van der Waals surface area contributed by atoms with Crippen molar-refractivity contribution in [3.05, 3.63) is 35.4 Å². The van der Waals surface area contributed by atoms with Crippen molar-refractivity contribution in [3.63, 3.8) is 0 Å². The van der Waals surface area contributed by atoms with Crippen LogP contribution in [-0.4, -0.2) is 18.4 Å². The van der Waals surface area contributed by atoms with Crippen molar-refractivity contribution in [1.29, 1.82) is 0 Å². The molecular formula is C13H18N2O2. The molecule has 0 aliphatic rings. The Bertz CT molecular complexity index is 402. The van der Waals surface area contributed by atoms with Gasteiger partial charge in [0.25, 0.3) is 5.91 Å². The first kappa shape index (κ1) is 13.2. The molecule has 4 nitrogen and oxygen atoms in total. The van der Waals surface area contributed by atoms with E-state index in [-0.39, 0.29) is 5.91 Å². The molecule has 0 heterocycles. The van der Waals surface area contributed by atoms with Gasteiger partial charge < -0.3 is 11.1 Å². The summed E-state index contributed by atoms with van der Waals surface area (Å²) in [5.74, 6) is -0.685. The third-order valence-electron chi connectivity index (χ3n) is 2.48. The SMILES string of the molecule is CCCCCNC(=O)c1cccc(C(N)=O)c1. The van der Waals surface area contributed by atoms with Crippen molar-refractivity contribution in [2.24, 2.45) is 5.73 Å². The Kier molecular flexibility index (Phi) is 5.20. The van der Waals surface area contributed by atoms with Crippen molar-refractivity contribution in [2.75, 3.05) is 6.54 Å². The van der Waals surface area contributed by atoms with Gasteiger partial charge in [0.1, 0.15) is 0 Å². The molecule has 92 valence electrons. The van der Waals surface area contributed by atoms with Crippen LogP contribution >= 0.6 is 0 Å². The van der Waals surface area contributed by atoms with Gasteiger partial charge in [-0.2, -0.15) is 0 Å². The summed E-state index contributed by atoms with van der Waals surface area (Å²) in [7, 11) is 0. The van der Waals surface area contributed by atoms with Crippen LogP contribution in [0.3, 0.4) is 0 Å². The van der Waals surface area contributed by atoms with Gasteiger partial charge in [-0.15, -0.1) is 0 Å². The summed E-state index contributed by atoms with van der Waals surface area (Å²) in [6, 6.07) is 6.43. The predicted molar refractivity (Wildman–Crippen MR) is 66.8 cm³/mol. The molecule has 0 unspecified atom stereocenters. The minimum Gasteiger partial charge on any atom is -0.366 e. The lowest BCUT2D eigenvalue weighted by Crippen LogP contribution is -2.24. The topological polar surface area (TPSA) is 72.2 Å². The highest BCUT2D eigenvalue weighted by molar-refractivity contribution is 5.99. The Labute approximate surface area is 101 Å². The highest BCUT2D eigenvalue weighted by atomic mass is 16.2. The van der Waals surface area contributed by atoms with Crippen molar-refractivity contribution in [3.8, 4) is 0 Å². The Morgan fingerprint density at radius 3 is 2.59 bits per heavy atom. The first-order chi connectivity index (χ1) is 8.15.